The summed E-state index contributed by atoms with van der Waals surface area (Å²) in [5.41, 5.74) is 11.8. The molecule has 280 valence electrons. The molecule has 0 saturated heterocycles. The van der Waals surface area contributed by atoms with E-state index < -0.39 is 0 Å². The number of fused-ring (bicyclic) bond motifs is 1. The second-order valence-corrected chi connectivity index (χ2v) is 19.6. The molecular formula is C48H30IN3OS5. The summed E-state index contributed by atoms with van der Waals surface area (Å²) in [6.45, 7) is 2.18. The van der Waals surface area contributed by atoms with Gasteiger partial charge < -0.3 is 4.90 Å². The summed E-state index contributed by atoms with van der Waals surface area (Å²) >= 11 is 11.0. The van der Waals surface area contributed by atoms with E-state index in [0.29, 0.717) is 5.56 Å². The largest absolute Gasteiger partial charge is 0.311 e. The summed E-state index contributed by atoms with van der Waals surface area (Å²) in [5, 5.41) is 0. The number of carbonyl (C=O) groups is 1. The van der Waals surface area contributed by atoms with Crippen molar-refractivity contribution in [2.75, 3.05) is 4.90 Å². The number of para-hydroxylation sites is 2. The van der Waals surface area contributed by atoms with E-state index in [0.717, 1.165) is 51.1 Å². The third kappa shape index (κ3) is 7.08. The molecule has 0 unspecified atom stereocenters. The minimum atomic E-state index is 0.688. The normalized spacial score (nSPS) is 11.3. The van der Waals surface area contributed by atoms with Gasteiger partial charge in [0, 0.05) is 71.5 Å². The fraction of sp³-hybridized carbons (Fsp3) is 0.0208. The molecule has 0 N–H and O–H groups in total. The first-order chi connectivity index (χ1) is 28.5. The van der Waals surface area contributed by atoms with Crippen LogP contribution >= 0.6 is 79.7 Å². The first-order valence-electron chi connectivity index (χ1n) is 18.4. The van der Waals surface area contributed by atoms with Gasteiger partial charge in [-0.15, -0.1) is 45.3 Å². The van der Waals surface area contributed by atoms with Crippen LogP contribution in [0.25, 0.3) is 72.3 Å². The quantitative estimate of drug-likeness (QED) is 0.101. The highest BCUT2D eigenvalue weighted by atomic mass is 127. The number of hydrogen-bond donors (Lipinski definition) is 0. The van der Waals surface area contributed by atoms with Crippen molar-refractivity contribution in [3.05, 3.63) is 172 Å². The zero-order valence-electron chi connectivity index (χ0n) is 30.8. The first kappa shape index (κ1) is 37.2. The summed E-state index contributed by atoms with van der Waals surface area (Å²) in [4.78, 5) is 23.3. The lowest BCUT2D eigenvalue weighted by atomic mass is 10.1. The number of rotatable bonds is 10. The minimum Gasteiger partial charge on any atom is -0.311 e. The molecule has 0 aliphatic heterocycles. The summed E-state index contributed by atoms with van der Waals surface area (Å²) in [5.74, 6) is 0. The van der Waals surface area contributed by atoms with Gasteiger partial charge in [-0.1, -0.05) is 84.9 Å². The molecule has 58 heavy (non-hydrogen) atoms. The summed E-state index contributed by atoms with van der Waals surface area (Å²) in [7, 11) is 0. The molecule has 5 heterocycles. The van der Waals surface area contributed by atoms with Crippen molar-refractivity contribution in [2.24, 2.45) is 0 Å². The van der Waals surface area contributed by atoms with Crippen LogP contribution < -0.4 is 4.90 Å². The summed E-state index contributed by atoms with van der Waals surface area (Å²) < 4.78 is 10.9. The molecule has 5 aromatic carbocycles. The van der Waals surface area contributed by atoms with Crippen molar-refractivity contribution in [1.82, 2.24) is 8.75 Å². The van der Waals surface area contributed by atoms with Gasteiger partial charge in [0.1, 0.15) is 17.3 Å². The molecule has 0 atom stereocenters. The number of aldehydes is 1. The van der Waals surface area contributed by atoms with E-state index >= 15 is 0 Å². The number of carbonyl (C=O) groups excluding carboxylic acids is 1. The lowest BCUT2D eigenvalue weighted by molar-refractivity contribution is 0.112. The number of halogens is 1. The highest BCUT2D eigenvalue weighted by Gasteiger charge is 2.21. The number of nitrogens with zero attached hydrogens (tertiary/aromatic N) is 3. The first-order valence-corrected chi connectivity index (χ1v) is 23.5. The van der Waals surface area contributed by atoms with Crippen molar-refractivity contribution >= 4 is 114 Å². The van der Waals surface area contributed by atoms with Crippen molar-refractivity contribution in [3.8, 4) is 61.3 Å². The number of thiophene rings is 4. The van der Waals surface area contributed by atoms with E-state index in [9.17, 15) is 4.79 Å². The van der Waals surface area contributed by atoms with E-state index in [1.807, 2.05) is 46.9 Å². The van der Waals surface area contributed by atoms with E-state index in [-0.39, 0.29) is 0 Å². The Morgan fingerprint density at radius 3 is 1.55 bits per heavy atom. The Balaban J connectivity index is 0.912. The van der Waals surface area contributed by atoms with Crippen LogP contribution in [0.3, 0.4) is 0 Å². The van der Waals surface area contributed by atoms with E-state index in [1.54, 1.807) is 22.7 Å². The fourth-order valence-corrected chi connectivity index (χ4v) is 13.6. The van der Waals surface area contributed by atoms with Crippen LogP contribution in [0.4, 0.5) is 17.1 Å². The van der Waals surface area contributed by atoms with Gasteiger partial charge in [-0.3, -0.25) is 4.79 Å². The number of anilines is 3. The zero-order valence-corrected chi connectivity index (χ0v) is 37.0. The predicted molar refractivity (Wildman–Crippen MR) is 259 cm³/mol. The second-order valence-electron chi connectivity index (χ2n) is 13.7. The van der Waals surface area contributed by atoms with Gasteiger partial charge >= 0.3 is 0 Å². The Morgan fingerprint density at radius 1 is 0.500 bits per heavy atom. The van der Waals surface area contributed by atoms with Gasteiger partial charge in [0.15, 0.2) is 0 Å². The Labute approximate surface area is 369 Å². The number of aromatic nitrogens is 2. The maximum atomic E-state index is 11.1. The van der Waals surface area contributed by atoms with Gasteiger partial charge in [-0.25, -0.2) is 0 Å². The summed E-state index contributed by atoms with van der Waals surface area (Å²) in [6.07, 6.45) is 0.883. The fourth-order valence-electron chi connectivity index (χ4n) is 7.13. The Hall–Kier alpha value is -5.08. The van der Waals surface area contributed by atoms with Crippen molar-refractivity contribution in [1.29, 1.82) is 0 Å². The van der Waals surface area contributed by atoms with Crippen LogP contribution in [0.1, 0.15) is 15.9 Å². The second kappa shape index (κ2) is 15.9. The molecule has 0 spiro atoms. The van der Waals surface area contributed by atoms with Crippen LogP contribution in [-0.2, 0) is 0 Å². The Kier molecular flexibility index (Phi) is 10.2. The van der Waals surface area contributed by atoms with Crippen molar-refractivity contribution in [2.45, 2.75) is 6.92 Å². The molecule has 0 aliphatic rings. The maximum absolute atomic E-state index is 11.1. The molecule has 10 aromatic rings. The third-order valence-electron chi connectivity index (χ3n) is 9.98. The van der Waals surface area contributed by atoms with Crippen LogP contribution in [0.2, 0.25) is 0 Å². The average Bonchev–Trinajstić information content (AvgIpc) is 4.13. The topological polar surface area (TPSA) is 46.1 Å². The number of aryl methyl sites for hydroxylation is 1. The number of benzene rings is 5. The molecule has 4 nitrogen and oxygen atoms in total. The van der Waals surface area contributed by atoms with Gasteiger partial charge in [0.05, 0.1) is 16.6 Å². The lowest BCUT2D eigenvalue weighted by Gasteiger charge is -2.25. The molecule has 0 bridgehead atoms. The molecule has 5 aromatic heterocycles. The SMILES string of the molecule is Cc1cc(-c2ccc(-c3cc(I)c(-c4ccc(-c5ccc(N(c6ccccc6)c6ccccc6)cc5)s4)s3)c3nsnc23)sc1-c1ccc(-c2ccc(C=O)cc2)s1. The standard InChI is InChI=1S/C48H30IN3OS5/c1-29-26-43(56-47(29)41-24-22-39(54-41)31-14-12-30(28-53)13-15-31)36-20-21-37(46-45(36)50-58-51-46)44-27-38(49)48(57-44)42-25-23-40(55-42)32-16-18-35(19-17-32)52(33-8-4-2-5-9-33)34-10-6-3-7-11-34/h2-28H,1H3. The van der Waals surface area contributed by atoms with Crippen LogP contribution in [0.15, 0.2) is 158 Å². The van der Waals surface area contributed by atoms with Gasteiger partial charge in [-0.05, 0) is 119 Å². The molecule has 10 heteroatoms. The van der Waals surface area contributed by atoms with E-state index in [4.69, 9.17) is 8.75 Å². The van der Waals surface area contributed by atoms with Crippen LogP contribution in [0.5, 0.6) is 0 Å². The molecule has 0 saturated carbocycles. The van der Waals surface area contributed by atoms with E-state index in [2.05, 4.69) is 168 Å². The molecule has 0 amide bonds. The lowest BCUT2D eigenvalue weighted by Crippen LogP contribution is -2.09. The van der Waals surface area contributed by atoms with Gasteiger partial charge in [-0.2, -0.15) is 8.75 Å². The molecule has 0 radical (unpaired) electrons. The maximum Gasteiger partial charge on any atom is 0.150 e. The molecule has 0 aliphatic carbocycles. The Bertz CT molecular complexity index is 3010. The van der Waals surface area contributed by atoms with Crippen molar-refractivity contribution < 1.29 is 4.79 Å². The highest BCUT2D eigenvalue weighted by molar-refractivity contribution is 14.1. The highest BCUT2D eigenvalue weighted by Crippen LogP contribution is 2.48. The molecule has 0 fully saturated rings. The van der Waals surface area contributed by atoms with Gasteiger partial charge in [0.25, 0.3) is 0 Å². The predicted octanol–water partition coefficient (Wildman–Crippen LogP) is 16.1. The molecule has 10 rings (SSSR count). The van der Waals surface area contributed by atoms with Crippen LogP contribution in [0, 0.1) is 10.5 Å². The number of hydrogen-bond acceptors (Lipinski definition) is 9. The zero-order chi connectivity index (χ0) is 39.2. The summed E-state index contributed by atoms with van der Waals surface area (Å²) in [6, 6.07) is 55.6. The van der Waals surface area contributed by atoms with Gasteiger partial charge in [0.2, 0.25) is 0 Å². The van der Waals surface area contributed by atoms with E-state index in [1.165, 1.54) is 65.4 Å². The van der Waals surface area contributed by atoms with Crippen molar-refractivity contribution in [3.63, 3.8) is 0 Å². The average molecular weight is 952 g/mol. The minimum absolute atomic E-state index is 0.688. The third-order valence-corrected chi connectivity index (χ3v) is 16.8. The van der Waals surface area contributed by atoms with Crippen LogP contribution in [-0.4, -0.2) is 15.0 Å². The Morgan fingerprint density at radius 2 is 0.983 bits per heavy atom. The smallest absolute Gasteiger partial charge is 0.150 e. The molecular weight excluding hydrogens is 922 g/mol. The monoisotopic (exact) mass is 951 g/mol.